The Bertz CT molecular complexity index is 178. The van der Waals surface area contributed by atoms with Gasteiger partial charge < -0.3 is 5.73 Å². The molecule has 0 aromatic rings. The minimum atomic E-state index is -0.377. The smallest absolute Gasteiger partial charge is 0.0650 e. The molecule has 1 saturated heterocycles. The third-order valence-corrected chi connectivity index (χ3v) is 3.49. The monoisotopic (exact) mass is 203 g/mol. The highest BCUT2D eigenvalue weighted by Crippen LogP contribution is 2.27. The highest BCUT2D eigenvalue weighted by atomic mass is 32.1. The van der Waals surface area contributed by atoms with Gasteiger partial charge in [0.1, 0.15) is 0 Å². The van der Waals surface area contributed by atoms with Crippen LogP contribution in [0.5, 0.6) is 0 Å². The van der Waals surface area contributed by atoms with Crippen molar-refractivity contribution in [1.29, 1.82) is 0 Å². The zero-order valence-corrected chi connectivity index (χ0v) is 9.00. The summed E-state index contributed by atoms with van der Waals surface area (Å²) in [5, 5.41) is 4.29. The van der Waals surface area contributed by atoms with Gasteiger partial charge in [0.25, 0.3) is 0 Å². The van der Waals surface area contributed by atoms with Gasteiger partial charge in [0.2, 0.25) is 0 Å². The van der Waals surface area contributed by atoms with E-state index in [9.17, 15) is 0 Å². The quantitative estimate of drug-likeness (QED) is 0.530. The molecular weight excluding hydrogens is 188 g/mol. The second-order valence-corrected chi connectivity index (χ2v) is 4.47. The number of rotatable bonds is 3. The molecule has 2 N–H and O–H groups in total. The van der Waals surface area contributed by atoms with Gasteiger partial charge in [0.05, 0.1) is 9.74 Å². The number of nitrogens with zero attached hydrogens (tertiary/aromatic N) is 1. The Morgan fingerprint density at radius 1 is 1.83 bits per heavy atom. The van der Waals surface area contributed by atoms with Crippen molar-refractivity contribution in [1.82, 2.24) is 5.32 Å². The van der Waals surface area contributed by atoms with E-state index in [0.717, 1.165) is 25.9 Å². The highest BCUT2D eigenvalue weighted by Gasteiger charge is 2.37. The van der Waals surface area contributed by atoms with Crippen LogP contribution in [0.15, 0.2) is 0 Å². The van der Waals surface area contributed by atoms with Crippen LogP contribution in [0.1, 0.15) is 19.8 Å². The van der Waals surface area contributed by atoms with Crippen molar-refractivity contribution >= 4 is 29.0 Å². The topological polar surface area (TPSA) is 40.1 Å². The second kappa shape index (κ2) is 4.05. The molecule has 4 heteroatoms. The molecule has 0 aliphatic carbocycles. The molecule has 0 amide bonds. The first-order valence-corrected chi connectivity index (χ1v) is 5.12. The van der Waals surface area contributed by atoms with Crippen LogP contribution >= 0.6 is 24.8 Å². The minimum absolute atomic E-state index is 0.377. The summed E-state index contributed by atoms with van der Waals surface area (Å²) in [6, 6.07) is 0. The zero-order valence-electron chi connectivity index (χ0n) is 7.29. The van der Waals surface area contributed by atoms with Crippen molar-refractivity contribution in [3.05, 3.63) is 0 Å². The van der Waals surface area contributed by atoms with Crippen molar-refractivity contribution in [2.45, 2.75) is 25.3 Å². The molecule has 1 aliphatic rings. The molecule has 1 aliphatic heterocycles. The van der Waals surface area contributed by atoms with E-state index in [1.807, 2.05) is 0 Å². The average Bonchev–Trinajstić information content (AvgIpc) is 2.54. The van der Waals surface area contributed by atoms with E-state index >= 15 is 0 Å². The van der Waals surface area contributed by atoms with Gasteiger partial charge >= 0.3 is 0 Å². The van der Waals surface area contributed by atoms with E-state index < -0.39 is 0 Å². The Hall–Kier alpha value is 0.360. The van der Waals surface area contributed by atoms with E-state index in [2.05, 4.69) is 24.9 Å². The van der Waals surface area contributed by atoms with Crippen molar-refractivity contribution in [3.63, 3.8) is 0 Å². The van der Waals surface area contributed by atoms with Gasteiger partial charge in [-0.25, -0.2) is 5.32 Å². The van der Waals surface area contributed by atoms with Gasteiger partial charge in [0.15, 0.2) is 0 Å². The fraction of sp³-hybridized carbons (Fsp3) is 0.875. The number of hydrogen-bond acceptors (Lipinski definition) is 2. The zero-order chi connectivity index (χ0) is 9.19. The maximum Gasteiger partial charge on any atom is 0.0650 e. The molecule has 0 aromatic carbocycles. The van der Waals surface area contributed by atoms with Gasteiger partial charge in [-0.3, -0.25) is 0 Å². The first-order valence-electron chi connectivity index (χ1n) is 4.26. The van der Waals surface area contributed by atoms with Crippen LogP contribution in [0.3, 0.4) is 0 Å². The molecule has 0 aromatic heterocycles. The molecule has 0 saturated carbocycles. The molecule has 1 heterocycles. The Morgan fingerprint density at radius 3 is 2.83 bits per heavy atom. The van der Waals surface area contributed by atoms with Crippen molar-refractivity contribution in [2.75, 3.05) is 13.1 Å². The minimum Gasteiger partial charge on any atom is -0.320 e. The van der Waals surface area contributed by atoms with E-state index in [1.54, 1.807) is 0 Å². The van der Waals surface area contributed by atoms with E-state index in [4.69, 9.17) is 18.0 Å². The van der Waals surface area contributed by atoms with Crippen LogP contribution in [0, 0.1) is 5.92 Å². The van der Waals surface area contributed by atoms with E-state index in [0.29, 0.717) is 10.1 Å². The molecule has 69 valence electrons. The lowest BCUT2D eigenvalue weighted by atomic mass is 9.83. The van der Waals surface area contributed by atoms with Crippen LogP contribution < -0.4 is 11.1 Å². The molecule has 1 fully saturated rings. The molecule has 2 unspecified atom stereocenters. The molecule has 0 spiro atoms. The van der Waals surface area contributed by atoms with Crippen LogP contribution in [-0.2, 0) is 0 Å². The van der Waals surface area contributed by atoms with Gasteiger partial charge in [0, 0.05) is 13.1 Å². The second-order valence-electron chi connectivity index (χ2n) is 3.31. The summed E-state index contributed by atoms with van der Waals surface area (Å²) in [7, 11) is 0. The SMILES string of the molecule is CCC(N)(C(=S)S)C1CC[N]C1. The number of nitrogens with two attached hydrogens (primary N) is 1. The third-order valence-electron chi connectivity index (χ3n) is 2.70. The molecule has 2 atom stereocenters. The molecule has 0 bridgehead atoms. The van der Waals surface area contributed by atoms with Gasteiger partial charge in [-0.05, 0) is 18.8 Å². The van der Waals surface area contributed by atoms with Crippen LogP contribution in [0.4, 0.5) is 0 Å². The maximum atomic E-state index is 6.17. The van der Waals surface area contributed by atoms with Gasteiger partial charge in [-0.1, -0.05) is 19.1 Å². The third kappa shape index (κ3) is 1.82. The normalized spacial score (nSPS) is 28.4. The van der Waals surface area contributed by atoms with Gasteiger partial charge in [-0.2, -0.15) is 0 Å². The summed E-state index contributed by atoms with van der Waals surface area (Å²) < 4.78 is 0.632. The van der Waals surface area contributed by atoms with Crippen molar-refractivity contribution < 1.29 is 0 Å². The van der Waals surface area contributed by atoms with Crippen LogP contribution in [0.25, 0.3) is 0 Å². The summed E-state index contributed by atoms with van der Waals surface area (Å²) in [5.74, 6) is 0.410. The van der Waals surface area contributed by atoms with Crippen LogP contribution in [-0.4, -0.2) is 22.8 Å². The lowest BCUT2D eigenvalue weighted by molar-refractivity contribution is 0.380. The van der Waals surface area contributed by atoms with E-state index in [-0.39, 0.29) is 5.54 Å². The number of hydrogen-bond donors (Lipinski definition) is 2. The molecule has 2 nitrogen and oxygen atoms in total. The summed E-state index contributed by atoms with van der Waals surface area (Å²) in [6.45, 7) is 3.84. The van der Waals surface area contributed by atoms with E-state index in [1.165, 1.54) is 0 Å². The Balaban J connectivity index is 2.70. The summed E-state index contributed by atoms with van der Waals surface area (Å²) >= 11 is 9.26. The Morgan fingerprint density at radius 2 is 2.50 bits per heavy atom. The lowest BCUT2D eigenvalue weighted by Crippen LogP contribution is -2.51. The average molecular weight is 203 g/mol. The van der Waals surface area contributed by atoms with Crippen LogP contribution in [0.2, 0.25) is 0 Å². The predicted octanol–water partition coefficient (Wildman–Crippen LogP) is 0.975. The summed E-state index contributed by atoms with van der Waals surface area (Å²) in [4.78, 5) is 0. The Kier molecular flexibility index (Phi) is 3.52. The highest BCUT2D eigenvalue weighted by molar-refractivity contribution is 8.11. The van der Waals surface area contributed by atoms with Crippen molar-refractivity contribution in [2.24, 2.45) is 11.7 Å². The maximum absolute atomic E-state index is 6.17. The molecule has 12 heavy (non-hydrogen) atoms. The first kappa shape index (κ1) is 10.4. The largest absolute Gasteiger partial charge is 0.320 e. The lowest BCUT2D eigenvalue weighted by Gasteiger charge is -2.32. The van der Waals surface area contributed by atoms with Crippen molar-refractivity contribution in [3.8, 4) is 0 Å². The fourth-order valence-corrected chi connectivity index (χ4v) is 2.27. The summed E-state index contributed by atoms with van der Waals surface area (Å²) in [5.41, 5.74) is 5.79. The first-order chi connectivity index (χ1) is 5.61. The molecular formula is C8H15N2S2. The number of thiocarbonyl (C=S) groups is 1. The number of thiol groups is 1. The van der Waals surface area contributed by atoms with Gasteiger partial charge in [-0.15, -0.1) is 12.6 Å². The molecule has 1 rings (SSSR count). The predicted molar refractivity (Wildman–Crippen MR) is 58.8 cm³/mol. The standard InChI is InChI=1S/C8H15N2S2/c1-2-8(9,7(11)12)6-3-4-10-5-6/h6H,2-5,9H2,1H3,(H,11,12). The summed E-state index contributed by atoms with van der Waals surface area (Å²) in [6.07, 6.45) is 1.92. The fourth-order valence-electron chi connectivity index (χ4n) is 1.62. The Labute approximate surface area is 84.7 Å². The molecule has 1 radical (unpaired) electrons.